The molecule has 1 aromatic carbocycles. The lowest BCUT2D eigenvalue weighted by Crippen LogP contribution is -2.44. The van der Waals surface area contributed by atoms with Gasteiger partial charge in [-0.1, -0.05) is 19.3 Å². The van der Waals surface area contributed by atoms with Gasteiger partial charge in [-0.25, -0.2) is 0 Å². The molecule has 0 saturated heterocycles. The summed E-state index contributed by atoms with van der Waals surface area (Å²) in [5, 5.41) is 5.98. The third-order valence-corrected chi connectivity index (χ3v) is 5.17. The minimum atomic E-state index is -0.342. The van der Waals surface area contributed by atoms with E-state index in [-0.39, 0.29) is 17.9 Å². The highest BCUT2D eigenvalue weighted by molar-refractivity contribution is 5.85. The Morgan fingerprint density at radius 1 is 1.14 bits per heavy atom. The van der Waals surface area contributed by atoms with Gasteiger partial charge in [0.05, 0.1) is 0 Å². The highest BCUT2D eigenvalue weighted by atomic mass is 16.5. The van der Waals surface area contributed by atoms with Gasteiger partial charge < -0.3 is 19.8 Å². The van der Waals surface area contributed by atoms with E-state index in [0.717, 1.165) is 25.7 Å². The van der Waals surface area contributed by atoms with Crippen molar-refractivity contribution in [3.63, 3.8) is 0 Å². The van der Waals surface area contributed by atoms with Gasteiger partial charge in [0.25, 0.3) is 6.01 Å². The van der Waals surface area contributed by atoms with E-state index >= 15 is 0 Å². The van der Waals surface area contributed by atoms with Crippen molar-refractivity contribution in [2.75, 3.05) is 12.4 Å². The van der Waals surface area contributed by atoms with Crippen LogP contribution in [0.1, 0.15) is 32.1 Å². The maximum Gasteiger partial charge on any atom is 0.296 e. The van der Waals surface area contributed by atoms with Crippen molar-refractivity contribution < 1.29 is 13.9 Å². The normalized spacial score (nSPS) is 15.9. The van der Waals surface area contributed by atoms with Crippen LogP contribution in [0.5, 0.6) is 11.5 Å². The third kappa shape index (κ3) is 4.08. The molecule has 146 valence electrons. The van der Waals surface area contributed by atoms with Crippen LogP contribution in [-0.4, -0.2) is 29.0 Å². The minimum Gasteiger partial charge on any atom is -0.457 e. The zero-order valence-electron chi connectivity index (χ0n) is 15.9. The van der Waals surface area contributed by atoms with Crippen molar-refractivity contribution in [3.05, 3.63) is 42.7 Å². The van der Waals surface area contributed by atoms with Crippen molar-refractivity contribution in [1.82, 2.24) is 15.3 Å². The van der Waals surface area contributed by atoms with Crippen LogP contribution in [0, 0.1) is 5.92 Å². The van der Waals surface area contributed by atoms with E-state index in [0.29, 0.717) is 28.6 Å². The summed E-state index contributed by atoms with van der Waals surface area (Å²) in [6, 6.07) is 9.07. The van der Waals surface area contributed by atoms with Crippen LogP contribution in [0.15, 0.2) is 47.1 Å². The Morgan fingerprint density at radius 2 is 1.93 bits per heavy atom. The predicted octanol–water partition coefficient (Wildman–Crippen LogP) is 4.12. The molecule has 7 heteroatoms. The fourth-order valence-electron chi connectivity index (χ4n) is 3.73. The first-order valence-corrected chi connectivity index (χ1v) is 9.69. The van der Waals surface area contributed by atoms with Crippen LogP contribution in [-0.2, 0) is 4.79 Å². The van der Waals surface area contributed by atoms with Gasteiger partial charge in [0, 0.05) is 25.5 Å². The summed E-state index contributed by atoms with van der Waals surface area (Å²) < 4.78 is 11.7. The van der Waals surface area contributed by atoms with Crippen molar-refractivity contribution in [3.8, 4) is 11.5 Å². The summed E-state index contributed by atoms with van der Waals surface area (Å²) in [7, 11) is 1.66. The number of rotatable bonds is 6. The standard InChI is InChI=1S/C21H24N4O3/c1-22-20(26)19(14-5-3-2-4-6-14)25-21-24-17-8-7-16(13-18(17)28-21)27-15-9-11-23-12-10-15/h7-14,19H,2-6H2,1H3,(H,22,26)(H,24,25)/t19-/m1/s1. The fraction of sp³-hybridized carbons (Fsp3) is 0.381. The highest BCUT2D eigenvalue weighted by Crippen LogP contribution is 2.30. The topological polar surface area (TPSA) is 89.3 Å². The number of nitrogens with one attached hydrogen (secondary N) is 2. The predicted molar refractivity (Wildman–Crippen MR) is 106 cm³/mol. The van der Waals surface area contributed by atoms with Crippen LogP contribution in [0.3, 0.4) is 0 Å². The summed E-state index contributed by atoms with van der Waals surface area (Å²) in [6.07, 6.45) is 8.97. The molecule has 3 aromatic rings. The number of amides is 1. The van der Waals surface area contributed by atoms with E-state index in [1.54, 1.807) is 37.6 Å². The van der Waals surface area contributed by atoms with Crippen molar-refractivity contribution >= 4 is 23.0 Å². The number of likely N-dealkylation sites (N-methyl/N-ethyl adjacent to an activating group) is 1. The number of ether oxygens (including phenoxy) is 1. The lowest BCUT2D eigenvalue weighted by atomic mass is 9.83. The zero-order chi connectivity index (χ0) is 19.3. The minimum absolute atomic E-state index is 0.0316. The second kappa shape index (κ2) is 8.29. The quantitative estimate of drug-likeness (QED) is 0.669. The molecule has 0 radical (unpaired) electrons. The molecule has 2 heterocycles. The van der Waals surface area contributed by atoms with Crippen LogP contribution < -0.4 is 15.4 Å². The highest BCUT2D eigenvalue weighted by Gasteiger charge is 2.30. The molecule has 2 aromatic heterocycles. The second-order valence-electron chi connectivity index (χ2n) is 7.07. The van der Waals surface area contributed by atoms with Crippen molar-refractivity contribution in [2.45, 2.75) is 38.1 Å². The van der Waals surface area contributed by atoms with Gasteiger partial charge in [0.1, 0.15) is 23.1 Å². The molecule has 7 nitrogen and oxygen atoms in total. The molecule has 1 atom stereocenters. The van der Waals surface area contributed by atoms with E-state index < -0.39 is 0 Å². The lowest BCUT2D eigenvalue weighted by Gasteiger charge is -2.29. The van der Waals surface area contributed by atoms with Gasteiger partial charge in [0.2, 0.25) is 5.91 Å². The summed E-state index contributed by atoms with van der Waals surface area (Å²) in [4.78, 5) is 20.9. The molecule has 0 spiro atoms. The van der Waals surface area contributed by atoms with E-state index in [9.17, 15) is 4.79 Å². The van der Waals surface area contributed by atoms with Gasteiger partial charge in [-0.05, 0) is 43.0 Å². The Labute approximate surface area is 163 Å². The van der Waals surface area contributed by atoms with Gasteiger partial charge in [0.15, 0.2) is 5.58 Å². The first-order valence-electron chi connectivity index (χ1n) is 9.69. The lowest BCUT2D eigenvalue weighted by molar-refractivity contribution is -0.122. The molecule has 0 aliphatic heterocycles. The Hall–Kier alpha value is -3.09. The van der Waals surface area contributed by atoms with Crippen molar-refractivity contribution in [1.29, 1.82) is 0 Å². The average Bonchev–Trinajstić information content (AvgIpc) is 3.15. The number of benzene rings is 1. The summed E-state index contributed by atoms with van der Waals surface area (Å²) in [5.74, 6) is 1.60. The summed E-state index contributed by atoms with van der Waals surface area (Å²) in [6.45, 7) is 0. The Balaban J connectivity index is 1.53. The molecule has 0 bridgehead atoms. The number of carbonyl (C=O) groups excluding carboxylic acids is 1. The summed E-state index contributed by atoms with van der Waals surface area (Å²) >= 11 is 0. The van der Waals surface area contributed by atoms with E-state index in [2.05, 4.69) is 20.6 Å². The molecule has 1 fully saturated rings. The first-order chi connectivity index (χ1) is 13.7. The molecule has 2 N–H and O–H groups in total. The van der Waals surface area contributed by atoms with Crippen LogP contribution >= 0.6 is 0 Å². The molecule has 28 heavy (non-hydrogen) atoms. The monoisotopic (exact) mass is 380 g/mol. The van der Waals surface area contributed by atoms with Gasteiger partial charge in [-0.3, -0.25) is 9.78 Å². The molecule has 1 aliphatic rings. The molecule has 1 saturated carbocycles. The van der Waals surface area contributed by atoms with E-state index in [4.69, 9.17) is 9.15 Å². The van der Waals surface area contributed by atoms with Crippen molar-refractivity contribution in [2.24, 2.45) is 5.92 Å². The first kappa shape index (κ1) is 18.3. The number of hydrogen-bond acceptors (Lipinski definition) is 6. The number of hydrogen-bond donors (Lipinski definition) is 2. The largest absolute Gasteiger partial charge is 0.457 e. The van der Waals surface area contributed by atoms with E-state index in [1.807, 2.05) is 12.1 Å². The smallest absolute Gasteiger partial charge is 0.296 e. The zero-order valence-corrected chi connectivity index (χ0v) is 15.9. The maximum absolute atomic E-state index is 12.4. The number of pyridine rings is 1. The molecular weight excluding hydrogens is 356 g/mol. The fourth-order valence-corrected chi connectivity index (χ4v) is 3.73. The molecule has 0 unspecified atom stereocenters. The van der Waals surface area contributed by atoms with Crippen LogP contribution in [0.25, 0.3) is 11.1 Å². The van der Waals surface area contributed by atoms with E-state index in [1.165, 1.54) is 6.42 Å². The molecule has 1 aliphatic carbocycles. The molecule has 1 amide bonds. The average molecular weight is 380 g/mol. The Bertz CT molecular complexity index is 935. The third-order valence-electron chi connectivity index (χ3n) is 5.17. The number of fused-ring (bicyclic) bond motifs is 1. The molecule has 4 rings (SSSR count). The van der Waals surface area contributed by atoms with Crippen LogP contribution in [0.2, 0.25) is 0 Å². The number of oxazole rings is 1. The van der Waals surface area contributed by atoms with Gasteiger partial charge in [-0.2, -0.15) is 4.98 Å². The Morgan fingerprint density at radius 3 is 2.68 bits per heavy atom. The number of carbonyl (C=O) groups is 1. The van der Waals surface area contributed by atoms with Gasteiger partial charge in [-0.15, -0.1) is 0 Å². The maximum atomic E-state index is 12.4. The second-order valence-corrected chi connectivity index (χ2v) is 7.07. The summed E-state index contributed by atoms with van der Waals surface area (Å²) in [5.41, 5.74) is 1.32. The van der Waals surface area contributed by atoms with Crippen LogP contribution in [0.4, 0.5) is 6.01 Å². The number of anilines is 1. The SMILES string of the molecule is CNC(=O)[C@H](Nc1nc2ccc(Oc3ccncc3)cc2o1)C1CCCCC1. The Kier molecular flexibility index (Phi) is 5.41. The van der Waals surface area contributed by atoms with Gasteiger partial charge >= 0.3 is 0 Å². The number of nitrogens with zero attached hydrogens (tertiary/aromatic N) is 2. The molecular formula is C21H24N4O3. The number of aromatic nitrogens is 2.